The van der Waals surface area contributed by atoms with E-state index in [2.05, 4.69) is 10.0 Å². The van der Waals surface area contributed by atoms with E-state index in [1.54, 1.807) is 43.3 Å². The molecule has 0 aromatic heterocycles. The van der Waals surface area contributed by atoms with Crippen molar-refractivity contribution in [3.63, 3.8) is 0 Å². The minimum absolute atomic E-state index is 0. The number of benzene rings is 2. The zero-order chi connectivity index (χ0) is 18.5. The van der Waals surface area contributed by atoms with Crippen LogP contribution >= 0.6 is 12.4 Å². The van der Waals surface area contributed by atoms with E-state index in [1.807, 2.05) is 25.1 Å². The molecular formula is C18H24ClN3O3S. The summed E-state index contributed by atoms with van der Waals surface area (Å²) < 4.78 is 26.8. The zero-order valence-corrected chi connectivity index (χ0v) is 16.4. The number of rotatable bonds is 7. The van der Waals surface area contributed by atoms with Crippen LogP contribution < -0.4 is 15.8 Å². The Kier molecular flexibility index (Phi) is 7.77. The summed E-state index contributed by atoms with van der Waals surface area (Å²) in [5.41, 5.74) is 6.59. The first-order chi connectivity index (χ1) is 11.7. The predicted molar refractivity (Wildman–Crippen MR) is 105 cm³/mol. The average molecular weight is 398 g/mol. The quantitative estimate of drug-likeness (QED) is 0.618. The van der Waals surface area contributed by atoms with Crippen LogP contribution in [-0.4, -0.2) is 27.4 Å². The second-order valence-corrected chi connectivity index (χ2v) is 7.80. The summed E-state index contributed by atoms with van der Waals surface area (Å²) in [6.45, 7) is 3.72. The molecule has 1 amide bonds. The maximum absolute atomic E-state index is 12.3. The van der Waals surface area contributed by atoms with E-state index in [4.69, 9.17) is 5.73 Å². The van der Waals surface area contributed by atoms with Gasteiger partial charge in [0.05, 0.1) is 4.90 Å². The van der Waals surface area contributed by atoms with Gasteiger partial charge in [0.1, 0.15) is 5.54 Å². The number of hydrogen-bond donors (Lipinski definition) is 3. The third-order valence-corrected chi connectivity index (χ3v) is 5.36. The molecule has 6 nitrogen and oxygen atoms in total. The summed E-state index contributed by atoms with van der Waals surface area (Å²) in [6.07, 6.45) is 0. The van der Waals surface area contributed by atoms with Crippen LogP contribution in [0.2, 0.25) is 0 Å². The minimum atomic E-state index is -3.60. The van der Waals surface area contributed by atoms with E-state index in [0.29, 0.717) is 5.56 Å². The van der Waals surface area contributed by atoms with E-state index in [-0.39, 0.29) is 36.3 Å². The summed E-state index contributed by atoms with van der Waals surface area (Å²) >= 11 is 0. The molecule has 8 heteroatoms. The van der Waals surface area contributed by atoms with Gasteiger partial charge in [0.2, 0.25) is 15.9 Å². The second kappa shape index (κ2) is 9.14. The van der Waals surface area contributed by atoms with Gasteiger partial charge in [0.15, 0.2) is 0 Å². The molecule has 4 N–H and O–H groups in total. The highest BCUT2D eigenvalue weighted by Crippen LogP contribution is 2.17. The highest BCUT2D eigenvalue weighted by Gasteiger charge is 2.29. The summed E-state index contributed by atoms with van der Waals surface area (Å²) in [4.78, 5) is 12.5. The molecule has 0 radical (unpaired) electrons. The van der Waals surface area contributed by atoms with Gasteiger partial charge in [-0.25, -0.2) is 13.1 Å². The fourth-order valence-electron chi connectivity index (χ4n) is 2.26. The molecule has 2 aromatic rings. The van der Waals surface area contributed by atoms with Crippen LogP contribution in [0.1, 0.15) is 18.1 Å². The van der Waals surface area contributed by atoms with Crippen LogP contribution in [0.5, 0.6) is 0 Å². The molecule has 142 valence electrons. The number of amides is 1. The van der Waals surface area contributed by atoms with Gasteiger partial charge in [-0.05, 0) is 31.5 Å². The van der Waals surface area contributed by atoms with Crippen LogP contribution in [0, 0.1) is 6.92 Å². The normalized spacial score (nSPS) is 13.3. The van der Waals surface area contributed by atoms with Gasteiger partial charge in [-0.2, -0.15) is 0 Å². The SMILES string of the molecule is Cc1ccc(S(=O)(=O)NCCNC(=O)C(C)(N)c2ccccc2)cc1.Cl. The first-order valence-corrected chi connectivity index (χ1v) is 9.41. The van der Waals surface area contributed by atoms with E-state index in [1.165, 1.54) is 0 Å². The number of nitrogens with two attached hydrogens (primary N) is 1. The average Bonchev–Trinajstić information content (AvgIpc) is 2.59. The third-order valence-electron chi connectivity index (χ3n) is 3.88. The molecule has 0 saturated heterocycles. The Bertz CT molecular complexity index is 823. The van der Waals surface area contributed by atoms with E-state index >= 15 is 0 Å². The maximum atomic E-state index is 12.3. The smallest absolute Gasteiger partial charge is 0.244 e. The fourth-order valence-corrected chi connectivity index (χ4v) is 3.29. The first-order valence-electron chi connectivity index (χ1n) is 7.92. The molecule has 0 bridgehead atoms. The molecule has 26 heavy (non-hydrogen) atoms. The van der Waals surface area contributed by atoms with Crippen molar-refractivity contribution in [2.24, 2.45) is 5.73 Å². The Hall–Kier alpha value is -1.93. The fraction of sp³-hybridized carbons (Fsp3) is 0.278. The lowest BCUT2D eigenvalue weighted by atomic mass is 9.92. The van der Waals surface area contributed by atoms with Gasteiger partial charge in [0.25, 0.3) is 0 Å². The zero-order valence-electron chi connectivity index (χ0n) is 14.7. The summed E-state index contributed by atoms with van der Waals surface area (Å²) in [7, 11) is -3.60. The predicted octanol–water partition coefficient (Wildman–Crippen LogP) is 1.69. The number of halogens is 1. The molecule has 0 aliphatic heterocycles. The second-order valence-electron chi connectivity index (χ2n) is 6.04. The van der Waals surface area contributed by atoms with Crippen molar-refractivity contribution in [2.75, 3.05) is 13.1 Å². The van der Waals surface area contributed by atoms with Gasteiger partial charge in [-0.15, -0.1) is 12.4 Å². The molecule has 1 atom stereocenters. The summed E-state index contributed by atoms with van der Waals surface area (Å²) in [5, 5.41) is 2.66. The van der Waals surface area contributed by atoms with Crippen LogP contribution in [0.25, 0.3) is 0 Å². The number of aryl methyl sites for hydroxylation is 1. The first kappa shape index (κ1) is 22.1. The topological polar surface area (TPSA) is 101 Å². The van der Waals surface area contributed by atoms with Crippen LogP contribution in [0.4, 0.5) is 0 Å². The molecule has 0 heterocycles. The Labute approximate surface area is 160 Å². The van der Waals surface area contributed by atoms with Gasteiger partial charge in [-0.3, -0.25) is 4.79 Å². The number of hydrogen-bond acceptors (Lipinski definition) is 4. The lowest BCUT2D eigenvalue weighted by Gasteiger charge is -2.24. The highest BCUT2D eigenvalue weighted by molar-refractivity contribution is 7.89. The van der Waals surface area contributed by atoms with Crippen molar-refractivity contribution < 1.29 is 13.2 Å². The van der Waals surface area contributed by atoms with Crippen LogP contribution in [0.15, 0.2) is 59.5 Å². The standard InChI is InChI=1S/C18H23N3O3S.ClH/c1-14-8-10-16(11-9-14)25(23,24)21-13-12-20-17(22)18(2,19)15-6-4-3-5-7-15;/h3-11,21H,12-13,19H2,1-2H3,(H,20,22);1H. The highest BCUT2D eigenvalue weighted by atomic mass is 35.5. The lowest BCUT2D eigenvalue weighted by Crippen LogP contribution is -2.50. The largest absolute Gasteiger partial charge is 0.353 e. The number of carbonyl (C=O) groups excluding carboxylic acids is 1. The Morgan fingerprint density at radius 1 is 1.04 bits per heavy atom. The molecular weight excluding hydrogens is 374 g/mol. The van der Waals surface area contributed by atoms with Gasteiger partial charge in [-0.1, -0.05) is 48.0 Å². The van der Waals surface area contributed by atoms with E-state index in [9.17, 15) is 13.2 Å². The van der Waals surface area contributed by atoms with Crippen molar-refractivity contribution in [3.8, 4) is 0 Å². The van der Waals surface area contributed by atoms with Crippen molar-refractivity contribution in [1.82, 2.24) is 10.0 Å². The van der Waals surface area contributed by atoms with Crippen molar-refractivity contribution in [2.45, 2.75) is 24.3 Å². The molecule has 2 aromatic carbocycles. The minimum Gasteiger partial charge on any atom is -0.353 e. The lowest BCUT2D eigenvalue weighted by molar-refractivity contribution is -0.126. The van der Waals surface area contributed by atoms with E-state index in [0.717, 1.165) is 5.56 Å². The number of carbonyl (C=O) groups is 1. The van der Waals surface area contributed by atoms with Gasteiger partial charge in [0, 0.05) is 13.1 Å². The van der Waals surface area contributed by atoms with Gasteiger partial charge >= 0.3 is 0 Å². The Morgan fingerprint density at radius 3 is 2.19 bits per heavy atom. The van der Waals surface area contributed by atoms with E-state index < -0.39 is 15.6 Å². The van der Waals surface area contributed by atoms with Crippen molar-refractivity contribution in [3.05, 3.63) is 65.7 Å². The Balaban J connectivity index is 0.00000338. The van der Waals surface area contributed by atoms with Crippen molar-refractivity contribution in [1.29, 1.82) is 0 Å². The number of sulfonamides is 1. The molecule has 1 unspecified atom stereocenters. The molecule has 0 spiro atoms. The number of nitrogens with one attached hydrogen (secondary N) is 2. The maximum Gasteiger partial charge on any atom is 0.244 e. The third kappa shape index (κ3) is 5.54. The van der Waals surface area contributed by atoms with Crippen molar-refractivity contribution >= 4 is 28.3 Å². The molecule has 0 aliphatic rings. The molecule has 2 rings (SSSR count). The Morgan fingerprint density at radius 2 is 1.62 bits per heavy atom. The van der Waals surface area contributed by atoms with Crippen LogP contribution in [-0.2, 0) is 20.4 Å². The molecule has 0 saturated carbocycles. The van der Waals surface area contributed by atoms with Gasteiger partial charge < -0.3 is 11.1 Å². The summed E-state index contributed by atoms with van der Waals surface area (Å²) in [6, 6.07) is 15.6. The van der Waals surface area contributed by atoms with Crippen LogP contribution in [0.3, 0.4) is 0 Å². The monoisotopic (exact) mass is 397 g/mol. The summed E-state index contributed by atoms with van der Waals surface area (Å²) in [5.74, 6) is -0.367. The molecule has 0 fully saturated rings. The molecule has 0 aliphatic carbocycles.